The van der Waals surface area contributed by atoms with Crippen LogP contribution in [0.2, 0.25) is 0 Å². The van der Waals surface area contributed by atoms with Crippen molar-refractivity contribution in [3.63, 3.8) is 0 Å². The first-order valence-corrected chi connectivity index (χ1v) is 18.2. The Hall–Kier alpha value is -4.32. The number of carboxylic acids is 1. The largest absolute Gasteiger partial charge is 0.481 e. The third-order valence-electron chi connectivity index (χ3n) is 10.2. The van der Waals surface area contributed by atoms with Crippen LogP contribution in [0.15, 0.2) is 48.5 Å². The molecule has 12 nitrogen and oxygen atoms in total. The number of carbonyl (C=O) groups is 5. The van der Waals surface area contributed by atoms with Crippen molar-refractivity contribution in [2.75, 3.05) is 20.6 Å². The topological polar surface area (TPSA) is 158 Å². The Bertz CT molecular complexity index is 1510. The third kappa shape index (κ3) is 11.3. The molecule has 6 atom stereocenters. The van der Waals surface area contributed by atoms with Crippen LogP contribution in [0.5, 0.6) is 0 Å². The fourth-order valence-corrected chi connectivity index (χ4v) is 7.01. The van der Waals surface area contributed by atoms with Gasteiger partial charge in [-0.05, 0) is 81.6 Å². The number of hydrogen-bond donors (Lipinski definition) is 3. The molecule has 1 aromatic carbocycles. The number of likely N-dealkylation sites (tertiary alicyclic amines) is 1. The normalized spacial score (nSPS) is 19.2. The number of likely N-dealkylation sites (N-methyl/N-ethyl adjacent to an activating group) is 2. The lowest BCUT2D eigenvalue weighted by atomic mass is 9.93. The first-order valence-electron chi connectivity index (χ1n) is 18.2. The number of nitrogens with one attached hydrogen (secondary N) is 2. The molecule has 3 amide bonds. The number of rotatable bonds is 17. The minimum Gasteiger partial charge on any atom is -0.481 e. The summed E-state index contributed by atoms with van der Waals surface area (Å²) in [7, 11) is 3.68. The SMILES string of the molecule is CC(=O)OC(CC(C(C)C)N(C)C(=O)C(NC(=O)[C@H]1CCCCN1C)C1CC1)c1cccc(C(=O)NC(Cc2ccccc2)CC(C)C(=O)O)n1. The zero-order valence-corrected chi connectivity index (χ0v) is 30.8. The molecule has 1 saturated carbocycles. The van der Waals surface area contributed by atoms with Crippen LogP contribution in [-0.2, 0) is 30.3 Å². The van der Waals surface area contributed by atoms with Crippen LogP contribution in [-0.4, -0.2) is 94.4 Å². The molecule has 0 spiro atoms. The second-order valence-electron chi connectivity index (χ2n) is 14.7. The first kappa shape index (κ1) is 39.5. The van der Waals surface area contributed by atoms with Gasteiger partial charge in [-0.2, -0.15) is 0 Å². The molecule has 1 aromatic heterocycles. The zero-order chi connectivity index (χ0) is 37.2. The van der Waals surface area contributed by atoms with Crippen molar-refractivity contribution in [2.24, 2.45) is 17.8 Å². The number of esters is 1. The molecule has 2 fully saturated rings. The van der Waals surface area contributed by atoms with Crippen molar-refractivity contribution >= 4 is 29.7 Å². The van der Waals surface area contributed by atoms with Gasteiger partial charge in [0.1, 0.15) is 17.8 Å². The molecule has 12 heteroatoms. The molecule has 0 radical (unpaired) electrons. The van der Waals surface area contributed by atoms with E-state index >= 15 is 0 Å². The second-order valence-corrected chi connectivity index (χ2v) is 14.7. The smallest absolute Gasteiger partial charge is 0.306 e. The lowest BCUT2D eigenvalue weighted by molar-refractivity contribution is -0.149. The fourth-order valence-electron chi connectivity index (χ4n) is 7.01. The van der Waals surface area contributed by atoms with E-state index in [9.17, 15) is 29.1 Å². The van der Waals surface area contributed by atoms with Gasteiger partial charge in [-0.25, -0.2) is 4.98 Å². The van der Waals surface area contributed by atoms with Crippen molar-refractivity contribution in [3.05, 3.63) is 65.5 Å². The van der Waals surface area contributed by atoms with E-state index in [1.165, 1.54) is 6.92 Å². The number of hydrogen-bond acceptors (Lipinski definition) is 8. The molecule has 2 aromatic rings. The number of pyridine rings is 1. The Kier molecular flexibility index (Phi) is 14.1. The summed E-state index contributed by atoms with van der Waals surface area (Å²) < 4.78 is 5.79. The van der Waals surface area contributed by atoms with Crippen molar-refractivity contribution in [1.29, 1.82) is 0 Å². The maximum atomic E-state index is 14.1. The summed E-state index contributed by atoms with van der Waals surface area (Å²) in [4.78, 5) is 73.4. The minimum absolute atomic E-state index is 0.0431. The van der Waals surface area contributed by atoms with Crippen LogP contribution >= 0.6 is 0 Å². The molecule has 5 unspecified atom stereocenters. The van der Waals surface area contributed by atoms with E-state index in [2.05, 4.69) is 20.5 Å². The van der Waals surface area contributed by atoms with Gasteiger partial charge in [-0.1, -0.05) is 63.6 Å². The van der Waals surface area contributed by atoms with Crippen LogP contribution in [0.1, 0.15) is 100 Å². The Morgan fingerprint density at radius 1 is 0.961 bits per heavy atom. The van der Waals surface area contributed by atoms with E-state index in [4.69, 9.17) is 4.74 Å². The highest BCUT2D eigenvalue weighted by Gasteiger charge is 2.42. The maximum absolute atomic E-state index is 14.1. The molecule has 0 bridgehead atoms. The lowest BCUT2D eigenvalue weighted by Gasteiger charge is -2.37. The summed E-state index contributed by atoms with van der Waals surface area (Å²) in [5.74, 6) is -2.88. The van der Waals surface area contributed by atoms with E-state index in [0.29, 0.717) is 12.1 Å². The van der Waals surface area contributed by atoms with Gasteiger partial charge in [0.15, 0.2) is 0 Å². The maximum Gasteiger partial charge on any atom is 0.306 e. The number of aromatic nitrogens is 1. The summed E-state index contributed by atoms with van der Waals surface area (Å²) in [6.45, 7) is 7.74. The fraction of sp³-hybridized carbons (Fsp3) is 0.590. The Morgan fingerprint density at radius 3 is 2.27 bits per heavy atom. The third-order valence-corrected chi connectivity index (χ3v) is 10.2. The molecule has 4 rings (SSSR count). The highest BCUT2D eigenvalue weighted by molar-refractivity contribution is 5.92. The van der Waals surface area contributed by atoms with E-state index in [0.717, 1.165) is 44.2 Å². The van der Waals surface area contributed by atoms with Gasteiger partial charge in [0.2, 0.25) is 11.8 Å². The van der Waals surface area contributed by atoms with Crippen LogP contribution in [0.4, 0.5) is 0 Å². The second kappa shape index (κ2) is 18.3. The van der Waals surface area contributed by atoms with Gasteiger partial charge in [-0.3, -0.25) is 28.9 Å². The molecular weight excluding hydrogens is 650 g/mol. The zero-order valence-electron chi connectivity index (χ0n) is 30.8. The Balaban J connectivity index is 1.52. The molecule has 1 aliphatic heterocycles. The van der Waals surface area contributed by atoms with E-state index in [1.54, 1.807) is 37.1 Å². The summed E-state index contributed by atoms with van der Waals surface area (Å²) in [6.07, 6.45) is 4.56. The average molecular weight is 706 g/mol. The van der Waals surface area contributed by atoms with Gasteiger partial charge < -0.3 is 25.4 Å². The molecule has 2 aliphatic rings. The number of aliphatic carboxylic acids is 1. The van der Waals surface area contributed by atoms with Gasteiger partial charge in [-0.15, -0.1) is 0 Å². The molecule has 1 saturated heterocycles. The van der Waals surface area contributed by atoms with Crippen LogP contribution < -0.4 is 10.6 Å². The van der Waals surface area contributed by atoms with Gasteiger partial charge >= 0.3 is 11.9 Å². The molecule has 3 N–H and O–H groups in total. The number of ether oxygens (including phenoxy) is 1. The standard InChI is InChI=1S/C39H55N5O7/c1-24(2)33(44(6)38(48)35(28-18-19-28)42-37(47)32-17-10-11-20-43(32)5)23-34(51-26(4)45)30-15-12-16-31(41-30)36(46)40-29(21-25(3)39(49)50)22-27-13-8-7-9-14-27/h7-9,12-16,24-25,28-29,32-35H,10-11,17-23H2,1-6H3,(H,40,46)(H,42,47)(H,49,50)/t25?,29?,32-,33?,34?,35?/m1/s1. The number of carboxylic acid groups (broad SMARTS) is 1. The monoisotopic (exact) mass is 705 g/mol. The number of piperidine rings is 1. The molecule has 2 heterocycles. The van der Waals surface area contributed by atoms with Crippen molar-refractivity contribution < 1.29 is 33.8 Å². The minimum atomic E-state index is -0.947. The van der Waals surface area contributed by atoms with Crippen LogP contribution in [0.25, 0.3) is 0 Å². The van der Waals surface area contributed by atoms with E-state index in [1.807, 2.05) is 51.2 Å². The van der Waals surface area contributed by atoms with Gasteiger partial charge in [0.05, 0.1) is 17.7 Å². The summed E-state index contributed by atoms with van der Waals surface area (Å²) >= 11 is 0. The Morgan fingerprint density at radius 2 is 1.67 bits per heavy atom. The van der Waals surface area contributed by atoms with Crippen LogP contribution in [0, 0.1) is 17.8 Å². The van der Waals surface area contributed by atoms with Crippen molar-refractivity contribution in [2.45, 2.75) is 109 Å². The predicted octanol–water partition coefficient (Wildman–Crippen LogP) is 4.39. The number of nitrogens with zero attached hydrogens (tertiary/aromatic N) is 3. The highest BCUT2D eigenvalue weighted by atomic mass is 16.5. The van der Waals surface area contributed by atoms with Crippen molar-refractivity contribution in [1.82, 2.24) is 25.4 Å². The first-order chi connectivity index (χ1) is 24.2. The lowest BCUT2D eigenvalue weighted by Crippen LogP contribution is -2.56. The highest BCUT2D eigenvalue weighted by Crippen LogP contribution is 2.35. The van der Waals surface area contributed by atoms with Crippen molar-refractivity contribution in [3.8, 4) is 0 Å². The predicted molar refractivity (Wildman–Crippen MR) is 192 cm³/mol. The summed E-state index contributed by atoms with van der Waals surface area (Å²) in [6, 6.07) is 12.7. The molecule has 51 heavy (non-hydrogen) atoms. The van der Waals surface area contributed by atoms with Gasteiger partial charge in [0, 0.05) is 32.5 Å². The molecular formula is C39H55N5O7. The number of benzene rings is 1. The molecule has 278 valence electrons. The summed E-state index contributed by atoms with van der Waals surface area (Å²) in [5, 5.41) is 15.6. The molecule has 1 aliphatic carbocycles. The number of carbonyl (C=O) groups excluding carboxylic acids is 4. The van der Waals surface area contributed by atoms with E-state index in [-0.39, 0.29) is 54.3 Å². The Labute approximate surface area is 301 Å². The van der Waals surface area contributed by atoms with E-state index < -0.39 is 42.0 Å². The van der Waals surface area contributed by atoms with Crippen LogP contribution in [0.3, 0.4) is 0 Å². The number of amides is 3. The quantitative estimate of drug-likeness (QED) is 0.203. The average Bonchev–Trinajstić information content (AvgIpc) is 3.94. The van der Waals surface area contributed by atoms with Gasteiger partial charge in [0.25, 0.3) is 5.91 Å². The summed E-state index contributed by atoms with van der Waals surface area (Å²) in [5.41, 5.74) is 1.41.